The lowest BCUT2D eigenvalue weighted by Crippen LogP contribution is -2.34. The number of rotatable bonds is 7. The summed E-state index contributed by atoms with van der Waals surface area (Å²) in [5.74, 6) is -0.130. The number of amides is 3. The Kier molecular flexibility index (Phi) is 8.51. The average Bonchev–Trinajstić information content (AvgIpc) is 2.53. The molecule has 3 amide bonds. The van der Waals surface area contributed by atoms with Gasteiger partial charge in [-0.3, -0.25) is 9.59 Å². The minimum Gasteiger partial charge on any atom is -0.444 e. The van der Waals surface area contributed by atoms with Crippen LogP contribution < -0.4 is 16.0 Å². The van der Waals surface area contributed by atoms with Crippen LogP contribution in [0.4, 0.5) is 16.2 Å². The lowest BCUT2D eigenvalue weighted by atomic mass is 10.2. The van der Waals surface area contributed by atoms with Gasteiger partial charge in [-0.05, 0) is 57.0 Å². The van der Waals surface area contributed by atoms with Crippen molar-refractivity contribution in [2.75, 3.05) is 17.2 Å². The van der Waals surface area contributed by atoms with E-state index in [0.29, 0.717) is 17.3 Å². The van der Waals surface area contributed by atoms with E-state index in [4.69, 9.17) is 4.74 Å². The van der Waals surface area contributed by atoms with Crippen LogP contribution in [0.15, 0.2) is 36.4 Å². The van der Waals surface area contributed by atoms with Crippen molar-refractivity contribution in [3.8, 4) is 0 Å². The summed E-state index contributed by atoms with van der Waals surface area (Å²) in [5.41, 5.74) is 0.666. The summed E-state index contributed by atoms with van der Waals surface area (Å²) >= 11 is 0. The quantitative estimate of drug-likeness (QED) is 0.633. The molecule has 0 aromatic heterocycles. The normalized spacial score (nSPS) is 11.3. The molecule has 0 aliphatic heterocycles. The fourth-order valence-electron chi connectivity index (χ4n) is 1.92. The number of alkyl carbamates (subject to hydrolysis) is 1. The zero-order chi connectivity index (χ0) is 20.4. The van der Waals surface area contributed by atoms with Gasteiger partial charge in [0, 0.05) is 24.3 Å². The molecule has 7 nitrogen and oxygen atoms in total. The second-order valence-electron chi connectivity index (χ2n) is 7.40. The van der Waals surface area contributed by atoms with Gasteiger partial charge in [-0.25, -0.2) is 4.79 Å². The minimum atomic E-state index is -0.575. The van der Waals surface area contributed by atoms with E-state index in [1.54, 1.807) is 45.0 Å². The average molecular weight is 375 g/mol. The second kappa shape index (κ2) is 10.4. The maximum absolute atomic E-state index is 11.9. The van der Waals surface area contributed by atoms with Crippen LogP contribution in [0.2, 0.25) is 0 Å². The summed E-state index contributed by atoms with van der Waals surface area (Å²) in [6.07, 6.45) is 2.88. The summed E-state index contributed by atoms with van der Waals surface area (Å²) in [7, 11) is 0. The zero-order valence-corrected chi connectivity index (χ0v) is 16.6. The maximum atomic E-state index is 11.9. The van der Waals surface area contributed by atoms with E-state index in [9.17, 15) is 14.4 Å². The van der Waals surface area contributed by atoms with Crippen LogP contribution >= 0.6 is 0 Å². The van der Waals surface area contributed by atoms with E-state index in [1.807, 2.05) is 19.9 Å². The van der Waals surface area contributed by atoms with Crippen LogP contribution in [0.3, 0.4) is 0 Å². The molecule has 1 aromatic carbocycles. The van der Waals surface area contributed by atoms with Crippen molar-refractivity contribution in [3.05, 3.63) is 36.4 Å². The van der Waals surface area contributed by atoms with E-state index in [2.05, 4.69) is 16.0 Å². The SMILES string of the molecule is CC(C)/C=C/C(=O)Nc1ccc(NC(=O)CCNC(=O)OC(C)(C)C)cc1. The third-order valence-corrected chi connectivity index (χ3v) is 3.09. The Labute approximate surface area is 160 Å². The molecule has 0 aliphatic carbocycles. The predicted octanol–water partition coefficient (Wildman–Crippen LogP) is 3.69. The molecule has 148 valence electrons. The molecular weight excluding hydrogens is 346 g/mol. The van der Waals surface area contributed by atoms with Crippen molar-refractivity contribution in [2.24, 2.45) is 5.92 Å². The van der Waals surface area contributed by atoms with Gasteiger partial charge in [-0.2, -0.15) is 0 Å². The van der Waals surface area contributed by atoms with Gasteiger partial charge in [0.1, 0.15) is 5.60 Å². The summed E-state index contributed by atoms with van der Waals surface area (Å²) in [4.78, 5) is 35.1. The summed E-state index contributed by atoms with van der Waals surface area (Å²) in [6, 6.07) is 6.80. The number of benzene rings is 1. The van der Waals surface area contributed by atoms with E-state index in [1.165, 1.54) is 6.08 Å². The van der Waals surface area contributed by atoms with Gasteiger partial charge in [-0.1, -0.05) is 19.9 Å². The molecule has 0 radical (unpaired) electrons. The number of hydrogen-bond acceptors (Lipinski definition) is 4. The number of hydrogen-bond donors (Lipinski definition) is 3. The molecule has 0 unspecified atom stereocenters. The summed E-state index contributed by atoms with van der Waals surface area (Å²) < 4.78 is 5.09. The van der Waals surface area contributed by atoms with Gasteiger partial charge >= 0.3 is 6.09 Å². The lowest BCUT2D eigenvalue weighted by Gasteiger charge is -2.19. The first-order chi connectivity index (χ1) is 12.5. The highest BCUT2D eigenvalue weighted by Crippen LogP contribution is 2.14. The van der Waals surface area contributed by atoms with Crippen LogP contribution in [0.5, 0.6) is 0 Å². The molecular formula is C20H29N3O4. The Morgan fingerprint density at radius 3 is 2.11 bits per heavy atom. The summed E-state index contributed by atoms with van der Waals surface area (Å²) in [5, 5.41) is 8.00. The molecule has 0 fully saturated rings. The summed E-state index contributed by atoms with van der Waals surface area (Å²) in [6.45, 7) is 9.47. The Morgan fingerprint density at radius 2 is 1.59 bits per heavy atom. The van der Waals surface area contributed by atoms with E-state index in [-0.39, 0.29) is 24.8 Å². The molecule has 0 heterocycles. The molecule has 7 heteroatoms. The van der Waals surface area contributed by atoms with Crippen molar-refractivity contribution < 1.29 is 19.1 Å². The first-order valence-corrected chi connectivity index (χ1v) is 8.91. The van der Waals surface area contributed by atoms with Crippen molar-refractivity contribution in [2.45, 2.75) is 46.6 Å². The minimum absolute atomic E-state index is 0.123. The number of ether oxygens (including phenoxy) is 1. The Morgan fingerprint density at radius 1 is 1.04 bits per heavy atom. The molecule has 0 spiro atoms. The fourth-order valence-corrected chi connectivity index (χ4v) is 1.92. The van der Waals surface area contributed by atoms with Crippen LogP contribution in [-0.4, -0.2) is 30.1 Å². The topological polar surface area (TPSA) is 96.5 Å². The first-order valence-electron chi connectivity index (χ1n) is 8.91. The van der Waals surface area contributed by atoms with Gasteiger partial charge in [0.05, 0.1) is 0 Å². The molecule has 27 heavy (non-hydrogen) atoms. The van der Waals surface area contributed by atoms with Crippen molar-refractivity contribution in [1.82, 2.24) is 5.32 Å². The number of carbonyl (C=O) groups excluding carboxylic acids is 3. The highest BCUT2D eigenvalue weighted by Gasteiger charge is 2.15. The molecule has 0 bridgehead atoms. The third kappa shape index (κ3) is 10.7. The zero-order valence-electron chi connectivity index (χ0n) is 16.6. The predicted molar refractivity (Wildman–Crippen MR) is 107 cm³/mol. The smallest absolute Gasteiger partial charge is 0.407 e. The van der Waals surface area contributed by atoms with Crippen LogP contribution in [0, 0.1) is 5.92 Å². The molecule has 0 atom stereocenters. The standard InChI is InChI=1S/C20H29N3O4/c1-14(2)6-11-17(24)22-15-7-9-16(10-8-15)23-18(25)12-13-21-19(26)27-20(3,4)5/h6-11,14H,12-13H2,1-5H3,(H,21,26)(H,22,24)(H,23,25)/b11-6+. The monoisotopic (exact) mass is 375 g/mol. The van der Waals surface area contributed by atoms with Crippen LogP contribution in [0.25, 0.3) is 0 Å². The van der Waals surface area contributed by atoms with Crippen molar-refractivity contribution in [3.63, 3.8) is 0 Å². The van der Waals surface area contributed by atoms with Crippen molar-refractivity contribution >= 4 is 29.3 Å². The second-order valence-corrected chi connectivity index (χ2v) is 7.40. The van der Waals surface area contributed by atoms with E-state index in [0.717, 1.165) is 0 Å². The largest absolute Gasteiger partial charge is 0.444 e. The number of anilines is 2. The van der Waals surface area contributed by atoms with Crippen molar-refractivity contribution in [1.29, 1.82) is 0 Å². The Hall–Kier alpha value is -2.83. The van der Waals surface area contributed by atoms with E-state index >= 15 is 0 Å². The highest BCUT2D eigenvalue weighted by atomic mass is 16.6. The first kappa shape index (κ1) is 22.2. The van der Waals surface area contributed by atoms with Gasteiger partial charge in [0.25, 0.3) is 0 Å². The van der Waals surface area contributed by atoms with Crippen LogP contribution in [-0.2, 0) is 14.3 Å². The molecule has 1 aromatic rings. The maximum Gasteiger partial charge on any atom is 0.407 e. The van der Waals surface area contributed by atoms with Gasteiger partial charge in [0.2, 0.25) is 11.8 Å². The van der Waals surface area contributed by atoms with Gasteiger partial charge in [-0.15, -0.1) is 0 Å². The van der Waals surface area contributed by atoms with Crippen LogP contribution in [0.1, 0.15) is 41.0 Å². The number of carbonyl (C=O) groups is 3. The highest BCUT2D eigenvalue weighted by molar-refractivity contribution is 5.99. The number of allylic oxidation sites excluding steroid dienone is 1. The number of nitrogens with one attached hydrogen (secondary N) is 3. The fraction of sp³-hybridized carbons (Fsp3) is 0.450. The molecule has 0 saturated heterocycles. The Bertz CT molecular complexity index is 673. The molecule has 1 rings (SSSR count). The van der Waals surface area contributed by atoms with E-state index < -0.39 is 11.7 Å². The third-order valence-electron chi connectivity index (χ3n) is 3.09. The molecule has 0 aliphatic rings. The Balaban J connectivity index is 2.39. The molecule has 3 N–H and O–H groups in total. The lowest BCUT2D eigenvalue weighted by molar-refractivity contribution is -0.116. The van der Waals surface area contributed by atoms with Gasteiger partial charge in [0.15, 0.2) is 0 Å². The molecule has 0 saturated carbocycles. The van der Waals surface area contributed by atoms with Gasteiger partial charge < -0.3 is 20.7 Å².